The van der Waals surface area contributed by atoms with E-state index in [0.717, 1.165) is 28.3 Å². The van der Waals surface area contributed by atoms with Crippen LogP contribution in [-0.4, -0.2) is 28.6 Å². The minimum absolute atomic E-state index is 0.00402. The van der Waals surface area contributed by atoms with Crippen LogP contribution in [0.25, 0.3) is 10.6 Å². The number of nitrogens with zero attached hydrogens (tertiary/aromatic N) is 2. The number of rotatable bonds is 6. The van der Waals surface area contributed by atoms with Gasteiger partial charge in [0.1, 0.15) is 5.01 Å². The Kier molecular flexibility index (Phi) is 4.86. The van der Waals surface area contributed by atoms with Crippen LogP contribution in [0.4, 0.5) is 5.13 Å². The van der Waals surface area contributed by atoms with Gasteiger partial charge in [-0.05, 0) is 61.7 Å². The maximum atomic E-state index is 12.6. The van der Waals surface area contributed by atoms with E-state index in [0.29, 0.717) is 11.6 Å². The van der Waals surface area contributed by atoms with Gasteiger partial charge in [0.25, 0.3) is 0 Å². The minimum atomic E-state index is -0.264. The largest absolute Gasteiger partial charge is 0.347 e. The van der Waals surface area contributed by atoms with Crippen molar-refractivity contribution < 1.29 is 9.59 Å². The lowest BCUT2D eigenvalue weighted by Gasteiger charge is -2.56. The molecule has 1 aromatic carbocycles. The molecule has 152 valence electrons. The number of hydrogen-bond donors (Lipinski definition) is 2. The van der Waals surface area contributed by atoms with Gasteiger partial charge >= 0.3 is 0 Å². The Morgan fingerprint density at radius 3 is 2.28 bits per heavy atom. The van der Waals surface area contributed by atoms with Crippen LogP contribution in [0.2, 0.25) is 0 Å². The molecule has 2 amide bonds. The average molecular weight is 411 g/mol. The maximum Gasteiger partial charge on any atom is 0.245 e. The molecule has 2 N–H and O–H groups in total. The van der Waals surface area contributed by atoms with Crippen molar-refractivity contribution in [3.8, 4) is 10.6 Å². The van der Waals surface area contributed by atoms with Gasteiger partial charge in [-0.3, -0.25) is 14.9 Å². The van der Waals surface area contributed by atoms with Crippen LogP contribution in [0.5, 0.6) is 0 Å². The summed E-state index contributed by atoms with van der Waals surface area (Å²) in [5.74, 6) is 2.22. The number of amides is 2. The summed E-state index contributed by atoms with van der Waals surface area (Å²) in [7, 11) is 0. The summed E-state index contributed by atoms with van der Waals surface area (Å²) in [6.07, 6.45) is 8.28. The molecule has 0 saturated heterocycles. The molecule has 0 radical (unpaired) electrons. The zero-order valence-electron chi connectivity index (χ0n) is 16.4. The van der Waals surface area contributed by atoms with Gasteiger partial charge in [0.05, 0.1) is 6.54 Å². The highest BCUT2D eigenvalue weighted by atomic mass is 32.1. The zero-order valence-corrected chi connectivity index (χ0v) is 17.2. The van der Waals surface area contributed by atoms with E-state index in [2.05, 4.69) is 20.8 Å². The normalized spacial score (nSPS) is 29.6. The first-order chi connectivity index (χ1) is 14.1. The molecule has 0 atom stereocenters. The highest BCUT2D eigenvalue weighted by Gasteiger charge is 2.51. The predicted octanol–water partition coefficient (Wildman–Crippen LogP) is 3.87. The average Bonchev–Trinajstić information content (AvgIpc) is 3.14. The van der Waals surface area contributed by atoms with E-state index >= 15 is 0 Å². The number of anilines is 1. The Hall–Kier alpha value is -2.28. The fourth-order valence-electron chi connectivity index (χ4n) is 6.22. The highest BCUT2D eigenvalue weighted by Crippen LogP contribution is 2.61. The van der Waals surface area contributed by atoms with Crippen LogP contribution < -0.4 is 10.6 Å². The minimum Gasteiger partial charge on any atom is -0.347 e. The van der Waals surface area contributed by atoms with Gasteiger partial charge in [-0.2, -0.15) is 0 Å². The fraction of sp³-hybridized carbons (Fsp3) is 0.545. The second kappa shape index (κ2) is 7.52. The molecule has 7 heteroatoms. The molecule has 4 aliphatic rings. The van der Waals surface area contributed by atoms with Crippen molar-refractivity contribution in [2.24, 2.45) is 23.2 Å². The number of carbonyl (C=O) groups is 2. The van der Waals surface area contributed by atoms with Gasteiger partial charge in [-0.15, -0.1) is 10.2 Å². The molecule has 0 spiro atoms. The van der Waals surface area contributed by atoms with Gasteiger partial charge < -0.3 is 5.32 Å². The van der Waals surface area contributed by atoms with E-state index in [9.17, 15) is 9.59 Å². The summed E-state index contributed by atoms with van der Waals surface area (Å²) < 4.78 is 0. The maximum absolute atomic E-state index is 12.6. The van der Waals surface area contributed by atoms with Crippen LogP contribution in [-0.2, 0) is 9.59 Å². The molecule has 6 nitrogen and oxygen atoms in total. The summed E-state index contributed by atoms with van der Waals surface area (Å²) >= 11 is 1.33. The molecule has 4 fully saturated rings. The van der Waals surface area contributed by atoms with E-state index in [4.69, 9.17) is 0 Å². The van der Waals surface area contributed by atoms with Crippen molar-refractivity contribution in [1.82, 2.24) is 15.5 Å². The number of aromatic nitrogens is 2. The number of nitrogens with one attached hydrogen (secondary N) is 2. The smallest absolute Gasteiger partial charge is 0.245 e. The van der Waals surface area contributed by atoms with Crippen LogP contribution in [0.3, 0.4) is 0 Å². The summed E-state index contributed by atoms with van der Waals surface area (Å²) in [4.78, 5) is 24.8. The van der Waals surface area contributed by atoms with Crippen LogP contribution in [0, 0.1) is 23.2 Å². The molecule has 1 heterocycles. The van der Waals surface area contributed by atoms with Crippen molar-refractivity contribution in [3.05, 3.63) is 30.3 Å². The number of benzene rings is 1. The lowest BCUT2D eigenvalue weighted by molar-refractivity contribution is -0.131. The topological polar surface area (TPSA) is 84.0 Å². The SMILES string of the molecule is O=C(CC12CC3CC(CC(C3)C1)C2)NCC(=O)Nc1nnc(-c2ccccc2)s1. The Labute approximate surface area is 174 Å². The van der Waals surface area contributed by atoms with E-state index in [1.165, 1.54) is 49.9 Å². The highest BCUT2D eigenvalue weighted by molar-refractivity contribution is 7.18. The molecule has 2 aromatic rings. The summed E-state index contributed by atoms with van der Waals surface area (Å²) in [6.45, 7) is -0.0224. The molecule has 29 heavy (non-hydrogen) atoms. The predicted molar refractivity (Wildman–Crippen MR) is 112 cm³/mol. The summed E-state index contributed by atoms with van der Waals surface area (Å²) in [5, 5.41) is 14.9. The fourth-order valence-corrected chi connectivity index (χ4v) is 6.99. The molecule has 0 aliphatic heterocycles. The molecule has 4 bridgehead atoms. The standard InChI is InChI=1S/C22H26N4O2S/c27-18(12-22-9-14-6-15(10-22)8-16(7-14)11-22)23-13-19(28)24-21-26-25-20(29-21)17-4-2-1-3-5-17/h1-5,14-16H,6-13H2,(H,23,27)(H,24,26,28). The Bertz CT molecular complexity index is 875. The second-order valence-corrected chi connectivity index (χ2v) is 10.2. The Balaban J connectivity index is 1.12. The first-order valence-corrected chi connectivity index (χ1v) is 11.3. The monoisotopic (exact) mass is 410 g/mol. The van der Waals surface area contributed by atoms with Crippen LogP contribution in [0.15, 0.2) is 30.3 Å². The van der Waals surface area contributed by atoms with Crippen molar-refractivity contribution in [3.63, 3.8) is 0 Å². The van der Waals surface area contributed by atoms with Crippen molar-refractivity contribution in [1.29, 1.82) is 0 Å². The Morgan fingerprint density at radius 1 is 0.966 bits per heavy atom. The van der Waals surface area contributed by atoms with Gasteiger partial charge in [-0.25, -0.2) is 0 Å². The van der Waals surface area contributed by atoms with Gasteiger partial charge in [0.15, 0.2) is 0 Å². The molecule has 4 saturated carbocycles. The van der Waals surface area contributed by atoms with Crippen molar-refractivity contribution in [2.75, 3.05) is 11.9 Å². The van der Waals surface area contributed by atoms with E-state index in [1.807, 2.05) is 30.3 Å². The van der Waals surface area contributed by atoms with Crippen molar-refractivity contribution in [2.45, 2.75) is 44.9 Å². The molecular formula is C22H26N4O2S. The van der Waals surface area contributed by atoms with Gasteiger partial charge in [-0.1, -0.05) is 41.7 Å². The van der Waals surface area contributed by atoms with Gasteiger partial charge in [0.2, 0.25) is 16.9 Å². The first-order valence-electron chi connectivity index (χ1n) is 10.5. The van der Waals surface area contributed by atoms with Crippen LogP contribution >= 0.6 is 11.3 Å². The third kappa shape index (κ3) is 4.06. The molecule has 1 aromatic heterocycles. The molecule has 6 rings (SSSR count). The van der Waals surface area contributed by atoms with Crippen LogP contribution in [0.1, 0.15) is 44.9 Å². The quantitative estimate of drug-likeness (QED) is 0.757. The molecular weight excluding hydrogens is 384 g/mol. The number of carbonyl (C=O) groups excluding carboxylic acids is 2. The third-order valence-corrected chi connectivity index (χ3v) is 7.73. The number of hydrogen-bond acceptors (Lipinski definition) is 5. The van der Waals surface area contributed by atoms with E-state index in [-0.39, 0.29) is 23.8 Å². The summed E-state index contributed by atoms with van der Waals surface area (Å²) in [6, 6.07) is 9.73. The van der Waals surface area contributed by atoms with Crippen molar-refractivity contribution >= 4 is 28.3 Å². The third-order valence-electron chi connectivity index (χ3n) is 6.84. The first kappa shape index (κ1) is 18.7. The molecule has 0 unspecified atom stereocenters. The lowest BCUT2D eigenvalue weighted by atomic mass is 9.49. The summed E-state index contributed by atoms with van der Waals surface area (Å²) in [5.41, 5.74) is 1.16. The Morgan fingerprint density at radius 2 is 1.62 bits per heavy atom. The molecule has 4 aliphatic carbocycles. The van der Waals surface area contributed by atoms with Gasteiger partial charge in [0, 0.05) is 12.0 Å². The van der Waals surface area contributed by atoms with E-state index < -0.39 is 0 Å². The second-order valence-electron chi connectivity index (χ2n) is 9.20. The lowest BCUT2D eigenvalue weighted by Crippen LogP contribution is -2.48. The zero-order chi connectivity index (χ0) is 19.8. The van der Waals surface area contributed by atoms with E-state index in [1.54, 1.807) is 0 Å².